The predicted octanol–water partition coefficient (Wildman–Crippen LogP) is 2.81. The van der Waals surface area contributed by atoms with E-state index in [1.165, 1.54) is 45.3 Å². The standard InChI is InChI=1S/C15H26N2O/c1-2-14-7-8-15(18-14)13-16-9-6-12-17-10-4-3-5-11-17/h7-8,16H,2-6,9-13H2,1H3. The average Bonchev–Trinajstić information content (AvgIpc) is 2.87. The lowest BCUT2D eigenvalue weighted by Gasteiger charge is -2.26. The summed E-state index contributed by atoms with van der Waals surface area (Å²) in [6.45, 7) is 7.91. The molecule has 1 aliphatic rings. The third-order valence-electron chi connectivity index (χ3n) is 3.64. The van der Waals surface area contributed by atoms with E-state index < -0.39 is 0 Å². The van der Waals surface area contributed by atoms with Crippen LogP contribution in [0.25, 0.3) is 0 Å². The van der Waals surface area contributed by atoms with Gasteiger partial charge in [0.05, 0.1) is 6.54 Å². The van der Waals surface area contributed by atoms with Gasteiger partial charge >= 0.3 is 0 Å². The van der Waals surface area contributed by atoms with E-state index in [2.05, 4.69) is 29.3 Å². The second kappa shape index (κ2) is 7.59. The molecule has 0 bridgehead atoms. The summed E-state index contributed by atoms with van der Waals surface area (Å²) in [5.74, 6) is 2.14. The van der Waals surface area contributed by atoms with Crippen LogP contribution in [0.2, 0.25) is 0 Å². The fourth-order valence-electron chi connectivity index (χ4n) is 2.53. The molecule has 0 aliphatic carbocycles. The van der Waals surface area contributed by atoms with Crippen molar-refractivity contribution in [2.24, 2.45) is 0 Å². The molecule has 1 saturated heterocycles. The van der Waals surface area contributed by atoms with Gasteiger partial charge in [-0.15, -0.1) is 0 Å². The molecule has 3 nitrogen and oxygen atoms in total. The number of furan rings is 1. The Kier molecular flexibility index (Phi) is 5.75. The Morgan fingerprint density at radius 2 is 1.94 bits per heavy atom. The van der Waals surface area contributed by atoms with Crippen molar-refractivity contribution in [1.82, 2.24) is 10.2 Å². The minimum Gasteiger partial charge on any atom is -0.465 e. The van der Waals surface area contributed by atoms with Crippen molar-refractivity contribution in [3.05, 3.63) is 23.7 Å². The molecule has 1 N–H and O–H groups in total. The second-order valence-corrected chi connectivity index (χ2v) is 5.15. The van der Waals surface area contributed by atoms with Crippen LogP contribution in [0, 0.1) is 0 Å². The van der Waals surface area contributed by atoms with Gasteiger partial charge in [-0.05, 0) is 57.6 Å². The molecule has 0 unspecified atom stereocenters. The van der Waals surface area contributed by atoms with Crippen LogP contribution >= 0.6 is 0 Å². The zero-order chi connectivity index (χ0) is 12.6. The van der Waals surface area contributed by atoms with E-state index in [0.717, 1.165) is 31.0 Å². The van der Waals surface area contributed by atoms with Crippen LogP contribution in [-0.4, -0.2) is 31.1 Å². The topological polar surface area (TPSA) is 28.4 Å². The van der Waals surface area contributed by atoms with Crippen molar-refractivity contribution < 1.29 is 4.42 Å². The van der Waals surface area contributed by atoms with Gasteiger partial charge in [-0.1, -0.05) is 13.3 Å². The van der Waals surface area contributed by atoms with Crippen molar-refractivity contribution in [2.45, 2.75) is 45.6 Å². The Bertz CT molecular complexity index is 329. The summed E-state index contributed by atoms with van der Waals surface area (Å²) in [4.78, 5) is 2.59. The zero-order valence-corrected chi connectivity index (χ0v) is 11.6. The fourth-order valence-corrected chi connectivity index (χ4v) is 2.53. The van der Waals surface area contributed by atoms with E-state index in [0.29, 0.717) is 0 Å². The smallest absolute Gasteiger partial charge is 0.117 e. The number of hydrogen-bond donors (Lipinski definition) is 1. The molecule has 0 atom stereocenters. The van der Waals surface area contributed by atoms with Gasteiger partial charge in [0.15, 0.2) is 0 Å². The van der Waals surface area contributed by atoms with Crippen LogP contribution in [0.1, 0.15) is 44.1 Å². The normalized spacial score (nSPS) is 17.2. The van der Waals surface area contributed by atoms with E-state index >= 15 is 0 Å². The molecule has 2 heterocycles. The van der Waals surface area contributed by atoms with Crippen molar-refractivity contribution in [3.63, 3.8) is 0 Å². The number of nitrogens with zero attached hydrogens (tertiary/aromatic N) is 1. The van der Waals surface area contributed by atoms with Crippen molar-refractivity contribution >= 4 is 0 Å². The minimum atomic E-state index is 0.861. The molecule has 0 aromatic carbocycles. The molecular formula is C15H26N2O. The highest BCUT2D eigenvalue weighted by Gasteiger charge is 2.08. The van der Waals surface area contributed by atoms with Crippen molar-refractivity contribution in [1.29, 1.82) is 0 Å². The highest BCUT2D eigenvalue weighted by molar-refractivity contribution is 5.06. The summed E-state index contributed by atoms with van der Waals surface area (Å²) < 4.78 is 5.66. The highest BCUT2D eigenvalue weighted by Crippen LogP contribution is 2.09. The first-order valence-corrected chi connectivity index (χ1v) is 7.39. The number of aryl methyl sites for hydroxylation is 1. The Balaban J connectivity index is 1.52. The van der Waals surface area contributed by atoms with Crippen molar-refractivity contribution in [3.8, 4) is 0 Å². The van der Waals surface area contributed by atoms with Gasteiger partial charge in [0.1, 0.15) is 11.5 Å². The van der Waals surface area contributed by atoms with Gasteiger partial charge in [0.2, 0.25) is 0 Å². The molecule has 102 valence electrons. The maximum Gasteiger partial charge on any atom is 0.117 e. The van der Waals surface area contributed by atoms with Crippen LogP contribution in [0.3, 0.4) is 0 Å². The lowest BCUT2D eigenvalue weighted by Crippen LogP contribution is -2.32. The molecule has 18 heavy (non-hydrogen) atoms. The molecule has 3 heteroatoms. The molecule has 1 fully saturated rings. The Hall–Kier alpha value is -0.800. The number of likely N-dealkylation sites (tertiary alicyclic amines) is 1. The third kappa shape index (κ3) is 4.46. The first-order valence-electron chi connectivity index (χ1n) is 7.39. The summed E-state index contributed by atoms with van der Waals surface area (Å²) in [7, 11) is 0. The first-order chi connectivity index (χ1) is 8.88. The van der Waals surface area contributed by atoms with Gasteiger partial charge in [0.25, 0.3) is 0 Å². The van der Waals surface area contributed by atoms with Crippen LogP contribution in [0.4, 0.5) is 0 Å². The zero-order valence-electron chi connectivity index (χ0n) is 11.6. The lowest BCUT2D eigenvalue weighted by molar-refractivity contribution is 0.225. The third-order valence-corrected chi connectivity index (χ3v) is 3.64. The maximum atomic E-state index is 5.66. The van der Waals surface area contributed by atoms with Crippen LogP contribution in [0.5, 0.6) is 0 Å². The van der Waals surface area contributed by atoms with Crippen molar-refractivity contribution in [2.75, 3.05) is 26.2 Å². The van der Waals surface area contributed by atoms with E-state index in [-0.39, 0.29) is 0 Å². The van der Waals surface area contributed by atoms with Crippen LogP contribution in [0.15, 0.2) is 16.5 Å². The van der Waals surface area contributed by atoms with Gasteiger partial charge < -0.3 is 14.6 Å². The Labute approximate surface area is 111 Å². The maximum absolute atomic E-state index is 5.66. The van der Waals surface area contributed by atoms with E-state index in [1.807, 2.05) is 0 Å². The number of nitrogens with one attached hydrogen (secondary N) is 1. The van der Waals surface area contributed by atoms with Gasteiger partial charge in [-0.2, -0.15) is 0 Å². The van der Waals surface area contributed by atoms with E-state index in [9.17, 15) is 0 Å². The first kappa shape index (κ1) is 13.6. The largest absolute Gasteiger partial charge is 0.465 e. The number of rotatable bonds is 7. The lowest BCUT2D eigenvalue weighted by atomic mass is 10.1. The summed E-state index contributed by atoms with van der Waals surface area (Å²) in [5, 5.41) is 3.46. The predicted molar refractivity (Wildman–Crippen MR) is 74.7 cm³/mol. The van der Waals surface area contributed by atoms with Gasteiger partial charge in [-0.3, -0.25) is 0 Å². The fraction of sp³-hybridized carbons (Fsp3) is 0.733. The molecule has 1 aromatic heterocycles. The van der Waals surface area contributed by atoms with Crippen LogP contribution < -0.4 is 5.32 Å². The monoisotopic (exact) mass is 250 g/mol. The average molecular weight is 250 g/mol. The van der Waals surface area contributed by atoms with Gasteiger partial charge in [0, 0.05) is 6.42 Å². The van der Waals surface area contributed by atoms with Gasteiger partial charge in [-0.25, -0.2) is 0 Å². The number of hydrogen-bond acceptors (Lipinski definition) is 3. The Morgan fingerprint density at radius 3 is 2.67 bits per heavy atom. The quantitative estimate of drug-likeness (QED) is 0.754. The SMILES string of the molecule is CCc1ccc(CNCCCN2CCCCC2)o1. The summed E-state index contributed by atoms with van der Waals surface area (Å²) in [6, 6.07) is 4.15. The molecule has 0 amide bonds. The summed E-state index contributed by atoms with van der Waals surface area (Å²) >= 11 is 0. The molecule has 1 aromatic rings. The van der Waals surface area contributed by atoms with Crippen LogP contribution in [-0.2, 0) is 13.0 Å². The molecule has 2 rings (SSSR count). The molecule has 0 saturated carbocycles. The molecule has 1 aliphatic heterocycles. The Morgan fingerprint density at radius 1 is 1.17 bits per heavy atom. The molecule has 0 spiro atoms. The summed E-state index contributed by atoms with van der Waals surface area (Å²) in [5.41, 5.74) is 0. The van der Waals surface area contributed by atoms with E-state index in [4.69, 9.17) is 4.42 Å². The second-order valence-electron chi connectivity index (χ2n) is 5.15. The summed E-state index contributed by atoms with van der Waals surface area (Å²) in [6.07, 6.45) is 6.42. The molecular weight excluding hydrogens is 224 g/mol. The van der Waals surface area contributed by atoms with E-state index in [1.54, 1.807) is 0 Å². The molecule has 0 radical (unpaired) electrons. The highest BCUT2D eigenvalue weighted by atomic mass is 16.3. The number of piperidine rings is 1. The minimum absolute atomic E-state index is 0.861.